The van der Waals surface area contributed by atoms with Gasteiger partial charge in [0.05, 0.1) is 6.61 Å². The predicted octanol–water partition coefficient (Wildman–Crippen LogP) is 2.30. The molecule has 2 fully saturated rings. The van der Waals surface area contributed by atoms with Crippen LogP contribution in [0.3, 0.4) is 0 Å². The normalized spacial score (nSPS) is 34.1. The maximum absolute atomic E-state index is 11.1. The molecule has 0 saturated heterocycles. The number of hydrogen-bond donors (Lipinski definition) is 0. The van der Waals surface area contributed by atoms with Crippen molar-refractivity contribution >= 4 is 5.97 Å². The monoisotopic (exact) mass is 180 g/mol. The molecule has 0 unspecified atom stereocenters. The lowest BCUT2D eigenvalue weighted by Crippen LogP contribution is -2.24. The molecule has 0 aromatic carbocycles. The van der Waals surface area contributed by atoms with Crippen LogP contribution in [0.2, 0.25) is 0 Å². The Kier molecular flexibility index (Phi) is 2.38. The number of carbonyl (C=O) groups is 1. The average Bonchev–Trinajstić information content (AvgIpc) is 2.43. The standard InChI is InChI=1S/C11H16O2/c1-2-13-11(12)7-9-6-8-4-3-5-10(8)9/h7-8,10H,2-6H2,1H3/b9-7+/t8-,10-/m1/s1. The third-order valence-corrected chi connectivity index (χ3v) is 3.22. The van der Waals surface area contributed by atoms with E-state index in [4.69, 9.17) is 4.74 Å². The molecule has 0 N–H and O–H groups in total. The zero-order valence-corrected chi connectivity index (χ0v) is 8.08. The predicted molar refractivity (Wildman–Crippen MR) is 50.2 cm³/mol. The Bertz CT molecular complexity index is 242. The van der Waals surface area contributed by atoms with Gasteiger partial charge in [0.1, 0.15) is 0 Å². The summed E-state index contributed by atoms with van der Waals surface area (Å²) in [5.41, 5.74) is 1.33. The maximum atomic E-state index is 11.1. The highest BCUT2D eigenvalue weighted by Gasteiger charge is 2.39. The molecule has 2 rings (SSSR count). The molecule has 0 radical (unpaired) electrons. The molecule has 2 heteroatoms. The lowest BCUT2D eigenvalue weighted by Gasteiger charge is -2.33. The molecular weight excluding hydrogens is 164 g/mol. The summed E-state index contributed by atoms with van der Waals surface area (Å²) >= 11 is 0. The van der Waals surface area contributed by atoms with E-state index in [9.17, 15) is 4.79 Å². The van der Waals surface area contributed by atoms with Crippen LogP contribution < -0.4 is 0 Å². The molecule has 0 aliphatic heterocycles. The van der Waals surface area contributed by atoms with Crippen LogP contribution in [0, 0.1) is 11.8 Å². The van der Waals surface area contributed by atoms with Gasteiger partial charge < -0.3 is 4.74 Å². The number of carbonyl (C=O) groups excluding carboxylic acids is 1. The highest BCUT2D eigenvalue weighted by Crippen LogP contribution is 2.50. The second-order valence-electron chi connectivity index (χ2n) is 3.97. The van der Waals surface area contributed by atoms with Gasteiger partial charge in [0.25, 0.3) is 0 Å². The summed E-state index contributed by atoms with van der Waals surface area (Å²) in [6.45, 7) is 2.33. The highest BCUT2D eigenvalue weighted by molar-refractivity contribution is 5.83. The summed E-state index contributed by atoms with van der Waals surface area (Å²) in [5.74, 6) is 1.47. The van der Waals surface area contributed by atoms with Gasteiger partial charge in [-0.25, -0.2) is 4.79 Å². The van der Waals surface area contributed by atoms with Crippen LogP contribution in [-0.4, -0.2) is 12.6 Å². The summed E-state index contributed by atoms with van der Waals surface area (Å²) in [7, 11) is 0. The van der Waals surface area contributed by atoms with Gasteiger partial charge in [-0.1, -0.05) is 12.0 Å². The zero-order chi connectivity index (χ0) is 9.26. The molecule has 0 spiro atoms. The van der Waals surface area contributed by atoms with Crippen LogP contribution in [-0.2, 0) is 9.53 Å². The second kappa shape index (κ2) is 3.52. The summed E-state index contributed by atoms with van der Waals surface area (Å²) in [6, 6.07) is 0. The molecule has 0 aromatic heterocycles. The van der Waals surface area contributed by atoms with Crippen molar-refractivity contribution in [3.63, 3.8) is 0 Å². The van der Waals surface area contributed by atoms with Crippen molar-refractivity contribution in [1.82, 2.24) is 0 Å². The quantitative estimate of drug-likeness (QED) is 0.481. The van der Waals surface area contributed by atoms with E-state index in [0.29, 0.717) is 6.61 Å². The van der Waals surface area contributed by atoms with Crippen molar-refractivity contribution in [2.24, 2.45) is 11.8 Å². The van der Waals surface area contributed by atoms with Gasteiger partial charge >= 0.3 is 5.97 Å². The summed E-state index contributed by atoms with van der Waals surface area (Å²) in [5, 5.41) is 0. The third kappa shape index (κ3) is 1.62. The first-order chi connectivity index (χ1) is 6.31. The molecule has 2 saturated carbocycles. The fraction of sp³-hybridized carbons (Fsp3) is 0.727. The Morgan fingerprint density at radius 2 is 2.46 bits per heavy atom. The molecule has 0 heterocycles. The number of hydrogen-bond acceptors (Lipinski definition) is 2. The Morgan fingerprint density at radius 3 is 3.15 bits per heavy atom. The van der Waals surface area contributed by atoms with Crippen molar-refractivity contribution in [3.05, 3.63) is 11.6 Å². The molecule has 13 heavy (non-hydrogen) atoms. The Balaban J connectivity index is 1.91. The zero-order valence-electron chi connectivity index (χ0n) is 8.08. The highest BCUT2D eigenvalue weighted by atomic mass is 16.5. The first-order valence-electron chi connectivity index (χ1n) is 5.18. The van der Waals surface area contributed by atoms with Crippen molar-refractivity contribution in [3.8, 4) is 0 Å². The molecule has 2 aliphatic carbocycles. The van der Waals surface area contributed by atoms with Gasteiger partial charge in [0.15, 0.2) is 0 Å². The largest absolute Gasteiger partial charge is 0.463 e. The summed E-state index contributed by atoms with van der Waals surface area (Å²) < 4.78 is 4.88. The van der Waals surface area contributed by atoms with Crippen molar-refractivity contribution in [2.75, 3.05) is 6.61 Å². The fourth-order valence-electron chi connectivity index (χ4n) is 2.56. The van der Waals surface area contributed by atoms with Gasteiger partial charge in [-0.2, -0.15) is 0 Å². The number of rotatable bonds is 2. The van der Waals surface area contributed by atoms with Gasteiger partial charge in [-0.15, -0.1) is 0 Å². The Labute approximate surface area is 79.0 Å². The van der Waals surface area contributed by atoms with Gasteiger partial charge in [-0.05, 0) is 38.0 Å². The summed E-state index contributed by atoms with van der Waals surface area (Å²) in [4.78, 5) is 11.1. The molecule has 0 bridgehead atoms. The molecule has 2 atom stereocenters. The molecule has 0 amide bonds. The number of allylic oxidation sites excluding steroid dienone is 1. The number of fused-ring (bicyclic) bond motifs is 1. The van der Waals surface area contributed by atoms with Crippen LogP contribution in [0.15, 0.2) is 11.6 Å². The first-order valence-corrected chi connectivity index (χ1v) is 5.18. The smallest absolute Gasteiger partial charge is 0.330 e. The molecule has 2 nitrogen and oxygen atoms in total. The van der Waals surface area contributed by atoms with Crippen LogP contribution in [0.25, 0.3) is 0 Å². The average molecular weight is 180 g/mol. The van der Waals surface area contributed by atoms with E-state index in [1.54, 1.807) is 6.08 Å². The van der Waals surface area contributed by atoms with Gasteiger partial charge in [0, 0.05) is 6.08 Å². The van der Waals surface area contributed by atoms with E-state index in [1.807, 2.05) is 6.92 Å². The van der Waals surface area contributed by atoms with Gasteiger partial charge in [-0.3, -0.25) is 0 Å². The SMILES string of the molecule is CCOC(=O)/C=C1\C[C@H]2CCC[C@@H]12. The molecule has 0 aromatic rings. The van der Waals surface area contributed by atoms with Crippen LogP contribution in [0.4, 0.5) is 0 Å². The van der Waals surface area contributed by atoms with E-state index in [0.717, 1.165) is 18.3 Å². The topological polar surface area (TPSA) is 26.3 Å². The van der Waals surface area contributed by atoms with E-state index >= 15 is 0 Å². The van der Waals surface area contributed by atoms with Crippen molar-refractivity contribution in [2.45, 2.75) is 32.6 Å². The molecule has 72 valence electrons. The lowest BCUT2D eigenvalue weighted by atomic mass is 9.71. The van der Waals surface area contributed by atoms with Gasteiger partial charge in [0.2, 0.25) is 0 Å². The fourth-order valence-corrected chi connectivity index (χ4v) is 2.56. The van der Waals surface area contributed by atoms with Crippen LogP contribution >= 0.6 is 0 Å². The maximum Gasteiger partial charge on any atom is 0.330 e. The van der Waals surface area contributed by atoms with E-state index in [1.165, 1.54) is 24.8 Å². The Morgan fingerprint density at radius 1 is 1.62 bits per heavy atom. The van der Waals surface area contributed by atoms with Crippen LogP contribution in [0.1, 0.15) is 32.6 Å². The van der Waals surface area contributed by atoms with Crippen molar-refractivity contribution < 1.29 is 9.53 Å². The molecular formula is C11H16O2. The second-order valence-corrected chi connectivity index (χ2v) is 3.97. The summed E-state index contributed by atoms with van der Waals surface area (Å²) in [6.07, 6.45) is 6.86. The minimum Gasteiger partial charge on any atom is -0.463 e. The molecule has 2 aliphatic rings. The van der Waals surface area contributed by atoms with Crippen molar-refractivity contribution in [1.29, 1.82) is 0 Å². The Hall–Kier alpha value is -0.790. The van der Waals surface area contributed by atoms with E-state index < -0.39 is 0 Å². The minimum absolute atomic E-state index is 0.150. The van der Waals surface area contributed by atoms with E-state index in [2.05, 4.69) is 0 Å². The lowest BCUT2D eigenvalue weighted by molar-refractivity contribution is -0.137. The first kappa shape index (κ1) is 8.79. The number of esters is 1. The van der Waals surface area contributed by atoms with Crippen LogP contribution in [0.5, 0.6) is 0 Å². The third-order valence-electron chi connectivity index (χ3n) is 3.22. The van der Waals surface area contributed by atoms with E-state index in [-0.39, 0.29) is 5.97 Å². The number of ether oxygens (including phenoxy) is 1. The minimum atomic E-state index is -0.150.